The predicted molar refractivity (Wildman–Crippen MR) is 89.0 cm³/mol. The minimum absolute atomic E-state index is 0.230. The first-order chi connectivity index (χ1) is 9.71. The third kappa shape index (κ3) is 3.71. The van der Waals surface area contributed by atoms with Gasteiger partial charge in [-0.15, -0.1) is 0 Å². The Hall–Kier alpha value is -1.20. The lowest BCUT2D eigenvalue weighted by Gasteiger charge is -2.37. The van der Waals surface area contributed by atoms with Crippen molar-refractivity contribution in [2.24, 2.45) is 0 Å². The summed E-state index contributed by atoms with van der Waals surface area (Å²) in [6.07, 6.45) is 0. The van der Waals surface area contributed by atoms with Gasteiger partial charge in [-0.2, -0.15) is 0 Å². The van der Waals surface area contributed by atoms with Crippen LogP contribution in [0.1, 0.15) is 20.8 Å². The quantitative estimate of drug-likeness (QED) is 0.863. The number of fused-ring (bicyclic) bond motifs is 1. The standard InChI is InChI=1S/C16H27NO3Si/c1-16(2,3)21(4,5)20-11-9-17-8-10-19-15-7-6-13(18)12-14(15)17/h6-7,12,18H,8-11H2,1-5H3. The Morgan fingerprint density at radius 1 is 1.33 bits per heavy atom. The molecule has 1 aliphatic heterocycles. The van der Waals surface area contributed by atoms with E-state index in [2.05, 4.69) is 38.8 Å². The van der Waals surface area contributed by atoms with E-state index in [1.165, 1.54) is 0 Å². The van der Waals surface area contributed by atoms with Gasteiger partial charge in [0.25, 0.3) is 0 Å². The molecule has 0 amide bonds. The molecular weight excluding hydrogens is 282 g/mol. The summed E-state index contributed by atoms with van der Waals surface area (Å²) in [5, 5.41) is 9.89. The first kappa shape index (κ1) is 16.2. The van der Waals surface area contributed by atoms with Crippen molar-refractivity contribution < 1.29 is 14.3 Å². The SMILES string of the molecule is CC(C)(C)[Si](C)(C)OCCN1CCOc2ccc(O)cc21. The Morgan fingerprint density at radius 2 is 2.05 bits per heavy atom. The van der Waals surface area contributed by atoms with Crippen LogP contribution >= 0.6 is 0 Å². The summed E-state index contributed by atoms with van der Waals surface area (Å²) in [5.41, 5.74) is 0.958. The van der Waals surface area contributed by atoms with E-state index in [1.54, 1.807) is 12.1 Å². The average Bonchev–Trinajstić information content (AvgIpc) is 2.37. The molecule has 0 radical (unpaired) electrons. The first-order valence-electron chi connectivity index (χ1n) is 7.55. The van der Waals surface area contributed by atoms with Crippen molar-refractivity contribution in [3.8, 4) is 11.5 Å². The molecule has 1 aromatic carbocycles. The molecule has 0 saturated heterocycles. The maximum atomic E-state index is 9.66. The number of phenols is 1. The maximum Gasteiger partial charge on any atom is 0.192 e. The van der Waals surface area contributed by atoms with Crippen molar-refractivity contribution in [3.05, 3.63) is 18.2 Å². The lowest BCUT2D eigenvalue weighted by Crippen LogP contribution is -2.43. The molecule has 0 atom stereocenters. The molecule has 0 unspecified atom stereocenters. The highest BCUT2D eigenvalue weighted by Crippen LogP contribution is 2.37. The van der Waals surface area contributed by atoms with Crippen LogP contribution in [0.5, 0.6) is 11.5 Å². The molecule has 118 valence electrons. The fourth-order valence-electron chi connectivity index (χ4n) is 2.12. The van der Waals surface area contributed by atoms with Crippen LogP contribution in [0.25, 0.3) is 0 Å². The number of benzene rings is 1. The van der Waals surface area contributed by atoms with Gasteiger partial charge in [0.15, 0.2) is 8.32 Å². The topological polar surface area (TPSA) is 41.9 Å². The molecule has 21 heavy (non-hydrogen) atoms. The maximum absolute atomic E-state index is 9.66. The number of rotatable bonds is 4. The van der Waals surface area contributed by atoms with Gasteiger partial charge in [-0.05, 0) is 30.3 Å². The Kier molecular flexibility index (Phi) is 4.53. The minimum atomic E-state index is -1.70. The van der Waals surface area contributed by atoms with E-state index in [4.69, 9.17) is 9.16 Å². The van der Waals surface area contributed by atoms with Gasteiger partial charge in [0, 0.05) is 12.6 Å². The van der Waals surface area contributed by atoms with Crippen LogP contribution in [0.4, 0.5) is 5.69 Å². The number of aromatic hydroxyl groups is 1. The van der Waals surface area contributed by atoms with E-state index in [0.717, 1.165) is 24.5 Å². The summed E-state index contributed by atoms with van der Waals surface area (Å²) in [6, 6.07) is 5.25. The van der Waals surface area contributed by atoms with Crippen molar-refractivity contribution in [2.75, 3.05) is 31.2 Å². The fraction of sp³-hybridized carbons (Fsp3) is 0.625. The normalized spacial score (nSPS) is 15.6. The molecule has 1 aliphatic rings. The van der Waals surface area contributed by atoms with Crippen LogP contribution in [-0.2, 0) is 4.43 Å². The number of hydrogen-bond acceptors (Lipinski definition) is 4. The van der Waals surface area contributed by atoms with Gasteiger partial charge < -0.3 is 19.2 Å². The third-order valence-corrected chi connectivity index (χ3v) is 9.07. The molecule has 0 aliphatic carbocycles. The van der Waals surface area contributed by atoms with Crippen LogP contribution < -0.4 is 9.64 Å². The number of phenolic OH excluding ortho intramolecular Hbond substituents is 1. The van der Waals surface area contributed by atoms with Gasteiger partial charge >= 0.3 is 0 Å². The summed E-state index contributed by atoms with van der Waals surface area (Å²) in [5.74, 6) is 1.11. The largest absolute Gasteiger partial charge is 0.508 e. The number of nitrogens with zero attached hydrogens (tertiary/aromatic N) is 1. The molecule has 1 aromatic rings. The zero-order valence-corrected chi connectivity index (χ0v) is 14.8. The molecular formula is C16H27NO3Si. The Balaban J connectivity index is 1.98. The summed E-state index contributed by atoms with van der Waals surface area (Å²) >= 11 is 0. The van der Waals surface area contributed by atoms with E-state index in [1.807, 2.05) is 6.07 Å². The lowest BCUT2D eigenvalue weighted by atomic mass is 10.2. The van der Waals surface area contributed by atoms with Crippen LogP contribution in [0.2, 0.25) is 18.1 Å². The molecule has 1 heterocycles. The van der Waals surface area contributed by atoms with Crippen molar-refractivity contribution in [1.82, 2.24) is 0 Å². The molecule has 0 bridgehead atoms. The fourth-order valence-corrected chi connectivity index (χ4v) is 3.16. The monoisotopic (exact) mass is 309 g/mol. The van der Waals surface area contributed by atoms with Gasteiger partial charge in [0.05, 0.1) is 18.8 Å². The van der Waals surface area contributed by atoms with Crippen molar-refractivity contribution in [2.45, 2.75) is 38.9 Å². The predicted octanol–water partition coefficient (Wildman–Crippen LogP) is 3.61. The summed E-state index contributed by atoms with van der Waals surface area (Å²) in [6.45, 7) is 14.3. The molecule has 0 aromatic heterocycles. The molecule has 1 N–H and O–H groups in total. The summed E-state index contributed by atoms with van der Waals surface area (Å²) in [4.78, 5) is 2.23. The highest BCUT2D eigenvalue weighted by atomic mass is 28.4. The number of hydrogen-bond donors (Lipinski definition) is 1. The lowest BCUT2D eigenvalue weighted by molar-refractivity contribution is 0.275. The summed E-state index contributed by atoms with van der Waals surface area (Å²) in [7, 11) is -1.70. The van der Waals surface area contributed by atoms with E-state index >= 15 is 0 Å². The van der Waals surface area contributed by atoms with Gasteiger partial charge in [-0.3, -0.25) is 0 Å². The van der Waals surface area contributed by atoms with Crippen LogP contribution in [0.15, 0.2) is 18.2 Å². The number of ether oxygens (including phenoxy) is 1. The summed E-state index contributed by atoms with van der Waals surface area (Å²) < 4.78 is 11.9. The highest BCUT2D eigenvalue weighted by Gasteiger charge is 2.37. The van der Waals surface area contributed by atoms with E-state index in [9.17, 15) is 5.11 Å². The first-order valence-corrected chi connectivity index (χ1v) is 10.5. The van der Waals surface area contributed by atoms with Gasteiger partial charge in [0.1, 0.15) is 18.1 Å². The molecule has 0 saturated carbocycles. The Labute approximate surface area is 128 Å². The Bertz CT molecular complexity index is 497. The van der Waals surface area contributed by atoms with Crippen molar-refractivity contribution in [3.63, 3.8) is 0 Å². The average molecular weight is 309 g/mol. The van der Waals surface area contributed by atoms with Gasteiger partial charge in [0.2, 0.25) is 0 Å². The zero-order valence-electron chi connectivity index (χ0n) is 13.8. The van der Waals surface area contributed by atoms with E-state index in [-0.39, 0.29) is 10.8 Å². The van der Waals surface area contributed by atoms with E-state index < -0.39 is 8.32 Å². The van der Waals surface area contributed by atoms with Crippen molar-refractivity contribution >= 4 is 14.0 Å². The van der Waals surface area contributed by atoms with Crippen LogP contribution in [-0.4, -0.2) is 39.7 Å². The molecule has 0 fully saturated rings. The van der Waals surface area contributed by atoms with Gasteiger partial charge in [-0.25, -0.2) is 0 Å². The third-order valence-electron chi connectivity index (χ3n) is 4.53. The molecule has 4 nitrogen and oxygen atoms in total. The van der Waals surface area contributed by atoms with Crippen LogP contribution in [0.3, 0.4) is 0 Å². The minimum Gasteiger partial charge on any atom is -0.508 e. The van der Waals surface area contributed by atoms with Crippen molar-refractivity contribution in [1.29, 1.82) is 0 Å². The second kappa shape index (κ2) is 5.89. The second-order valence-corrected chi connectivity index (χ2v) is 11.9. The molecule has 0 spiro atoms. The van der Waals surface area contributed by atoms with Gasteiger partial charge in [-0.1, -0.05) is 20.8 Å². The highest BCUT2D eigenvalue weighted by molar-refractivity contribution is 6.74. The number of anilines is 1. The molecule has 5 heteroatoms. The zero-order chi connectivity index (χ0) is 15.7. The Morgan fingerprint density at radius 3 is 2.71 bits per heavy atom. The van der Waals surface area contributed by atoms with E-state index in [0.29, 0.717) is 13.2 Å². The molecule has 2 rings (SSSR count). The van der Waals surface area contributed by atoms with Crippen LogP contribution in [0, 0.1) is 0 Å². The second-order valence-electron chi connectivity index (χ2n) is 7.10. The smallest absolute Gasteiger partial charge is 0.192 e.